The first-order valence-corrected chi connectivity index (χ1v) is 9.80. The van der Waals surface area contributed by atoms with Crippen LogP contribution in [0, 0.1) is 6.92 Å². The standard InChI is InChI=1S/C14H17BrClNO3S/c1-9-11(7-10(15)8-12(9)21(16,19)20)13(18)17-14(2)5-3-4-6-14/h7-8H,3-6H2,1-2H3,(H,17,18). The van der Waals surface area contributed by atoms with E-state index in [1.165, 1.54) is 6.07 Å². The summed E-state index contributed by atoms with van der Waals surface area (Å²) >= 11 is 3.23. The van der Waals surface area contributed by atoms with E-state index in [-0.39, 0.29) is 16.3 Å². The van der Waals surface area contributed by atoms with Crippen LogP contribution in [0.4, 0.5) is 0 Å². The van der Waals surface area contributed by atoms with Gasteiger partial charge in [-0.2, -0.15) is 0 Å². The molecular formula is C14H17BrClNO3S. The van der Waals surface area contributed by atoms with E-state index in [4.69, 9.17) is 10.7 Å². The average molecular weight is 395 g/mol. The lowest BCUT2D eigenvalue weighted by atomic mass is 9.99. The van der Waals surface area contributed by atoms with E-state index in [0.29, 0.717) is 15.6 Å². The van der Waals surface area contributed by atoms with E-state index in [2.05, 4.69) is 21.2 Å². The van der Waals surface area contributed by atoms with Gasteiger partial charge in [-0.05, 0) is 44.4 Å². The number of carbonyl (C=O) groups is 1. The van der Waals surface area contributed by atoms with Crippen molar-refractivity contribution in [2.45, 2.75) is 50.0 Å². The predicted octanol–water partition coefficient (Wildman–Crippen LogP) is 3.75. The number of halogens is 2. The minimum Gasteiger partial charge on any atom is -0.347 e. The van der Waals surface area contributed by atoms with Crippen molar-refractivity contribution >= 4 is 41.6 Å². The highest BCUT2D eigenvalue weighted by atomic mass is 79.9. The highest BCUT2D eigenvalue weighted by molar-refractivity contribution is 9.10. The average Bonchev–Trinajstić information content (AvgIpc) is 2.76. The topological polar surface area (TPSA) is 63.2 Å². The van der Waals surface area contributed by atoms with Gasteiger partial charge in [0.2, 0.25) is 0 Å². The fourth-order valence-electron chi connectivity index (χ4n) is 2.76. The van der Waals surface area contributed by atoms with Gasteiger partial charge in [-0.1, -0.05) is 28.8 Å². The zero-order valence-corrected chi connectivity index (χ0v) is 15.0. The van der Waals surface area contributed by atoms with Crippen molar-refractivity contribution in [2.75, 3.05) is 0 Å². The maximum atomic E-state index is 12.5. The van der Waals surface area contributed by atoms with Crippen molar-refractivity contribution in [1.29, 1.82) is 0 Å². The first-order valence-electron chi connectivity index (χ1n) is 6.70. The zero-order valence-electron chi connectivity index (χ0n) is 11.9. The third-order valence-electron chi connectivity index (χ3n) is 3.95. The molecule has 116 valence electrons. The van der Waals surface area contributed by atoms with Gasteiger partial charge in [0.1, 0.15) is 0 Å². The zero-order chi connectivity index (χ0) is 15.8. The minimum absolute atomic E-state index is 0.0414. The molecule has 1 aromatic carbocycles. The van der Waals surface area contributed by atoms with Crippen LogP contribution in [0.15, 0.2) is 21.5 Å². The van der Waals surface area contributed by atoms with Gasteiger partial charge in [0.25, 0.3) is 15.0 Å². The Hall–Kier alpha value is -0.590. The van der Waals surface area contributed by atoms with Crippen molar-refractivity contribution in [3.63, 3.8) is 0 Å². The fourth-order valence-corrected chi connectivity index (χ4v) is 4.60. The number of hydrogen-bond acceptors (Lipinski definition) is 3. The second-order valence-corrected chi connectivity index (χ2v) is 9.19. The Kier molecular flexibility index (Phi) is 4.71. The van der Waals surface area contributed by atoms with Gasteiger partial charge in [-0.25, -0.2) is 8.42 Å². The van der Waals surface area contributed by atoms with Crippen LogP contribution in [-0.4, -0.2) is 19.9 Å². The molecule has 0 bridgehead atoms. The van der Waals surface area contributed by atoms with Crippen molar-refractivity contribution in [3.8, 4) is 0 Å². The van der Waals surface area contributed by atoms with E-state index < -0.39 is 9.05 Å². The molecule has 0 radical (unpaired) electrons. The summed E-state index contributed by atoms with van der Waals surface area (Å²) in [5, 5.41) is 3.02. The minimum atomic E-state index is -3.89. The fraction of sp³-hybridized carbons (Fsp3) is 0.500. The Labute approximate surface area is 137 Å². The number of rotatable bonds is 3. The Morgan fingerprint density at radius 3 is 2.43 bits per heavy atom. The molecule has 1 fully saturated rings. The monoisotopic (exact) mass is 393 g/mol. The predicted molar refractivity (Wildman–Crippen MR) is 86.3 cm³/mol. The lowest BCUT2D eigenvalue weighted by molar-refractivity contribution is 0.0907. The van der Waals surface area contributed by atoms with Crippen LogP contribution in [0.2, 0.25) is 0 Å². The summed E-state index contributed by atoms with van der Waals surface area (Å²) in [5.74, 6) is -0.264. The number of benzene rings is 1. The molecule has 1 saturated carbocycles. The molecule has 1 aliphatic carbocycles. The van der Waals surface area contributed by atoms with Crippen molar-refractivity contribution in [2.24, 2.45) is 0 Å². The number of hydrogen-bond donors (Lipinski definition) is 1. The van der Waals surface area contributed by atoms with Crippen molar-refractivity contribution in [3.05, 3.63) is 27.7 Å². The molecule has 21 heavy (non-hydrogen) atoms. The second kappa shape index (κ2) is 5.89. The number of amides is 1. The summed E-state index contributed by atoms with van der Waals surface area (Å²) in [7, 11) is 1.54. The van der Waals surface area contributed by atoms with Crippen LogP contribution in [0.5, 0.6) is 0 Å². The summed E-state index contributed by atoms with van der Waals surface area (Å²) in [6, 6.07) is 3.03. The molecule has 1 N–H and O–H groups in total. The third kappa shape index (κ3) is 3.79. The van der Waals surface area contributed by atoms with Crippen LogP contribution in [-0.2, 0) is 9.05 Å². The summed E-state index contributed by atoms with van der Waals surface area (Å²) in [6.45, 7) is 3.61. The summed E-state index contributed by atoms with van der Waals surface area (Å²) in [4.78, 5) is 12.4. The van der Waals surface area contributed by atoms with E-state index >= 15 is 0 Å². The van der Waals surface area contributed by atoms with Gasteiger partial charge in [-0.3, -0.25) is 4.79 Å². The van der Waals surface area contributed by atoms with Crippen LogP contribution in [0.1, 0.15) is 48.5 Å². The van der Waals surface area contributed by atoms with E-state index in [0.717, 1.165) is 25.7 Å². The van der Waals surface area contributed by atoms with Crippen molar-refractivity contribution in [1.82, 2.24) is 5.32 Å². The molecule has 1 amide bonds. The molecule has 2 rings (SSSR count). The van der Waals surface area contributed by atoms with E-state index in [1.807, 2.05) is 6.92 Å². The summed E-state index contributed by atoms with van der Waals surface area (Å²) < 4.78 is 23.7. The highest BCUT2D eigenvalue weighted by Gasteiger charge is 2.31. The molecule has 0 aromatic heterocycles. The molecule has 0 saturated heterocycles. The van der Waals surface area contributed by atoms with E-state index in [1.54, 1.807) is 13.0 Å². The van der Waals surface area contributed by atoms with Gasteiger partial charge in [-0.15, -0.1) is 0 Å². The van der Waals surface area contributed by atoms with Crippen LogP contribution >= 0.6 is 26.6 Å². The first kappa shape index (κ1) is 16.8. The van der Waals surface area contributed by atoms with Gasteiger partial charge < -0.3 is 5.32 Å². The molecule has 0 aliphatic heterocycles. The van der Waals surface area contributed by atoms with Crippen LogP contribution in [0.3, 0.4) is 0 Å². The lowest BCUT2D eigenvalue weighted by Gasteiger charge is -2.26. The highest BCUT2D eigenvalue weighted by Crippen LogP contribution is 2.31. The molecule has 0 unspecified atom stereocenters. The molecule has 0 spiro atoms. The number of carbonyl (C=O) groups excluding carboxylic acids is 1. The number of nitrogens with one attached hydrogen (secondary N) is 1. The molecule has 0 heterocycles. The van der Waals surface area contributed by atoms with Gasteiger partial charge in [0.15, 0.2) is 0 Å². The smallest absolute Gasteiger partial charge is 0.261 e. The van der Waals surface area contributed by atoms with Crippen LogP contribution in [0.25, 0.3) is 0 Å². The lowest BCUT2D eigenvalue weighted by Crippen LogP contribution is -2.43. The van der Waals surface area contributed by atoms with Crippen LogP contribution < -0.4 is 5.32 Å². The van der Waals surface area contributed by atoms with Gasteiger partial charge >= 0.3 is 0 Å². The largest absolute Gasteiger partial charge is 0.347 e. The van der Waals surface area contributed by atoms with Gasteiger partial charge in [0, 0.05) is 26.3 Å². The van der Waals surface area contributed by atoms with Gasteiger partial charge in [0.05, 0.1) is 4.90 Å². The molecule has 0 atom stereocenters. The second-order valence-electron chi connectivity index (χ2n) is 5.74. The van der Waals surface area contributed by atoms with E-state index in [9.17, 15) is 13.2 Å². The quantitative estimate of drug-likeness (QED) is 0.794. The molecule has 4 nitrogen and oxygen atoms in total. The first-order chi connectivity index (χ1) is 9.62. The Bertz CT molecular complexity index is 682. The third-order valence-corrected chi connectivity index (χ3v) is 5.86. The van der Waals surface area contributed by atoms with Crippen molar-refractivity contribution < 1.29 is 13.2 Å². The Morgan fingerprint density at radius 1 is 1.33 bits per heavy atom. The summed E-state index contributed by atoms with van der Waals surface area (Å²) in [6.07, 6.45) is 4.06. The molecule has 1 aliphatic rings. The molecular weight excluding hydrogens is 378 g/mol. The Morgan fingerprint density at radius 2 is 1.90 bits per heavy atom. The molecule has 7 heteroatoms. The summed E-state index contributed by atoms with van der Waals surface area (Å²) in [5.41, 5.74) is 0.482. The maximum absolute atomic E-state index is 12.5. The SMILES string of the molecule is Cc1c(C(=O)NC2(C)CCCC2)cc(Br)cc1S(=O)(=O)Cl. The molecule has 1 aromatic rings. The normalized spacial score (nSPS) is 17.7. The maximum Gasteiger partial charge on any atom is 0.261 e. The Balaban J connectivity index is 2.40.